The number of hydrogen-bond acceptors (Lipinski definition) is 13. The van der Waals surface area contributed by atoms with Gasteiger partial charge < -0.3 is 65.1 Å². The van der Waals surface area contributed by atoms with E-state index in [1.165, 1.54) is 103 Å². The zero-order valence-corrected chi connectivity index (χ0v) is 54.9. The summed E-state index contributed by atoms with van der Waals surface area (Å²) < 4.78 is 22.8. The number of nitrogens with one attached hydrogen (secondary N) is 1. The molecular formula is C75H123NO13. The summed E-state index contributed by atoms with van der Waals surface area (Å²) in [6.07, 6.45) is 70.4. The maximum absolute atomic E-state index is 13.3. The molecule has 9 N–H and O–H groups in total. The summed E-state index contributed by atoms with van der Waals surface area (Å²) in [4.78, 5) is 13.3. The predicted molar refractivity (Wildman–Crippen MR) is 364 cm³/mol. The van der Waals surface area contributed by atoms with Crippen LogP contribution in [0.5, 0.6) is 0 Å². The lowest BCUT2D eigenvalue weighted by Crippen LogP contribution is -2.65. The average molecular weight is 1250 g/mol. The standard InChI is InChI=1S/C75H123NO13/c1-3-5-7-9-11-13-15-17-19-21-23-25-27-28-29-30-31-32-33-34-35-36-37-39-41-43-45-47-49-51-53-55-57-59-67(80)76-63(62-86-74-72(85)70(83)73(66(61-78)88-74)89-75-71(84)69(82)68(81)65(60-77)87-75)64(79)58-56-54-52-50-48-46-44-42-40-38-26-24-22-20-18-16-14-12-10-8-6-4-2/h5,7,11,13,17,19,23,25,28-29,31-32,34-35,37,39,43,45,48-51,56,58,63-66,68-75,77-79,81-85H,3-4,6,8-10,12,14-16,18,20-22,24,26-27,30,33,36,38,40-42,44,46-47,52-55,57,59-62H2,1-2H3,(H,76,80)/b7-5-,13-11-,19-17-,25-23-,29-28-,32-31-,35-34-,39-37-,45-43-,50-48+,51-49-,58-56+. The van der Waals surface area contributed by atoms with Crippen molar-refractivity contribution in [2.24, 2.45) is 0 Å². The van der Waals surface area contributed by atoms with Gasteiger partial charge in [0.2, 0.25) is 5.91 Å². The number of hydrogen-bond donors (Lipinski definition) is 9. The summed E-state index contributed by atoms with van der Waals surface area (Å²) in [6.45, 7) is 2.64. The third kappa shape index (κ3) is 41.9. The molecule has 2 heterocycles. The number of aliphatic hydroxyl groups excluding tert-OH is 8. The number of unbranched alkanes of at least 4 members (excludes halogenated alkanes) is 19. The number of rotatable bonds is 54. The Morgan fingerprint density at radius 2 is 0.787 bits per heavy atom. The van der Waals surface area contributed by atoms with Gasteiger partial charge in [-0.3, -0.25) is 4.79 Å². The SMILES string of the molecule is CC/C=C\C/C=C\C/C=C\C/C=C\C/C=C\C/C=C\C/C=C\C/C=C\C/C=C\C/C=C\CCCCC(=O)NC(COC1OC(CO)C(OC2OC(CO)C(O)C(O)C2O)C(O)C1O)C(O)/C=C/CC/C=C/CCCCCCCCCCCCCCCCCC. The first-order chi connectivity index (χ1) is 43.6. The van der Waals surface area contributed by atoms with Crippen LogP contribution in [-0.4, -0.2) is 140 Å². The van der Waals surface area contributed by atoms with Crippen LogP contribution in [0.2, 0.25) is 0 Å². The molecule has 0 spiro atoms. The number of aliphatic hydroxyl groups is 8. The lowest BCUT2D eigenvalue weighted by atomic mass is 9.97. The Labute approximate surface area is 538 Å². The monoisotopic (exact) mass is 1250 g/mol. The Morgan fingerprint density at radius 3 is 1.24 bits per heavy atom. The molecule has 0 bridgehead atoms. The third-order valence-corrected chi connectivity index (χ3v) is 15.8. The van der Waals surface area contributed by atoms with E-state index in [9.17, 15) is 45.6 Å². The summed E-state index contributed by atoms with van der Waals surface area (Å²) in [5.41, 5.74) is 0. The van der Waals surface area contributed by atoms with Gasteiger partial charge in [0.1, 0.15) is 48.8 Å². The van der Waals surface area contributed by atoms with Gasteiger partial charge in [0.15, 0.2) is 12.6 Å². The number of allylic oxidation sites excluding steroid dienone is 23. The molecule has 0 aromatic rings. The highest BCUT2D eigenvalue weighted by Gasteiger charge is 2.51. The van der Waals surface area contributed by atoms with Crippen LogP contribution in [0.25, 0.3) is 0 Å². The molecule has 0 radical (unpaired) electrons. The minimum absolute atomic E-state index is 0.208. The molecule has 2 fully saturated rings. The molecule has 0 aliphatic carbocycles. The summed E-state index contributed by atoms with van der Waals surface area (Å²) in [6, 6.07) is -0.968. The minimum atomic E-state index is -1.80. The van der Waals surface area contributed by atoms with Crippen LogP contribution in [0.1, 0.15) is 226 Å². The maximum atomic E-state index is 13.3. The molecule has 2 aliphatic rings. The molecule has 0 aromatic carbocycles. The Balaban J connectivity index is 1.74. The van der Waals surface area contributed by atoms with E-state index in [-0.39, 0.29) is 18.9 Å². The molecule has 2 aliphatic heterocycles. The fourth-order valence-electron chi connectivity index (χ4n) is 10.3. The molecule has 506 valence electrons. The van der Waals surface area contributed by atoms with Gasteiger partial charge in [-0.05, 0) is 109 Å². The number of carbonyl (C=O) groups excluding carboxylic acids is 1. The first kappa shape index (κ1) is 81.0. The van der Waals surface area contributed by atoms with Gasteiger partial charge in [-0.15, -0.1) is 0 Å². The lowest BCUT2D eigenvalue weighted by molar-refractivity contribution is -0.359. The van der Waals surface area contributed by atoms with Crippen molar-refractivity contribution >= 4 is 5.91 Å². The second kappa shape index (κ2) is 57.7. The highest BCUT2D eigenvalue weighted by molar-refractivity contribution is 5.76. The topological polar surface area (TPSA) is 228 Å². The Kier molecular flexibility index (Phi) is 52.5. The molecule has 14 heteroatoms. The van der Waals surface area contributed by atoms with Gasteiger partial charge in [0, 0.05) is 6.42 Å². The zero-order valence-electron chi connectivity index (χ0n) is 54.9. The van der Waals surface area contributed by atoms with Gasteiger partial charge in [-0.25, -0.2) is 0 Å². The van der Waals surface area contributed by atoms with E-state index >= 15 is 0 Å². The second-order valence-electron chi connectivity index (χ2n) is 23.6. The van der Waals surface area contributed by atoms with Crippen LogP contribution in [0.3, 0.4) is 0 Å². The number of carbonyl (C=O) groups is 1. The molecular weight excluding hydrogens is 1120 g/mol. The highest BCUT2D eigenvalue weighted by atomic mass is 16.7. The summed E-state index contributed by atoms with van der Waals surface area (Å²) in [5.74, 6) is -0.296. The molecule has 0 aromatic heterocycles. The van der Waals surface area contributed by atoms with E-state index in [0.29, 0.717) is 12.8 Å². The third-order valence-electron chi connectivity index (χ3n) is 15.8. The molecule has 2 saturated heterocycles. The van der Waals surface area contributed by atoms with Crippen molar-refractivity contribution in [3.8, 4) is 0 Å². The quantitative estimate of drug-likeness (QED) is 0.0204. The Hall–Kier alpha value is -4.13. The minimum Gasteiger partial charge on any atom is -0.394 e. The van der Waals surface area contributed by atoms with Crippen LogP contribution in [0.15, 0.2) is 146 Å². The van der Waals surface area contributed by atoms with E-state index in [2.05, 4.69) is 153 Å². The first-order valence-electron chi connectivity index (χ1n) is 34.6. The second-order valence-corrected chi connectivity index (χ2v) is 23.6. The molecule has 1 amide bonds. The summed E-state index contributed by atoms with van der Waals surface area (Å²) >= 11 is 0. The zero-order chi connectivity index (χ0) is 64.5. The molecule has 12 unspecified atom stereocenters. The van der Waals surface area contributed by atoms with E-state index in [0.717, 1.165) is 89.9 Å². The van der Waals surface area contributed by atoms with Crippen LogP contribution in [0.4, 0.5) is 0 Å². The van der Waals surface area contributed by atoms with E-state index < -0.39 is 86.8 Å². The number of amides is 1. The lowest BCUT2D eigenvalue weighted by Gasteiger charge is -2.46. The fourth-order valence-corrected chi connectivity index (χ4v) is 10.3. The van der Waals surface area contributed by atoms with Gasteiger partial charge in [0.05, 0.1) is 32.0 Å². The predicted octanol–water partition coefficient (Wildman–Crippen LogP) is 14.1. The van der Waals surface area contributed by atoms with Gasteiger partial charge >= 0.3 is 0 Å². The first-order valence-corrected chi connectivity index (χ1v) is 34.6. The van der Waals surface area contributed by atoms with Gasteiger partial charge in [0.25, 0.3) is 0 Å². The molecule has 89 heavy (non-hydrogen) atoms. The van der Waals surface area contributed by atoms with Crippen molar-refractivity contribution in [3.63, 3.8) is 0 Å². The normalized spacial score (nSPS) is 24.0. The van der Waals surface area contributed by atoms with Crippen molar-refractivity contribution in [2.45, 2.75) is 299 Å². The Morgan fingerprint density at radius 1 is 0.416 bits per heavy atom. The average Bonchev–Trinajstić information content (AvgIpc) is 2.75. The van der Waals surface area contributed by atoms with Gasteiger partial charge in [-0.1, -0.05) is 256 Å². The van der Waals surface area contributed by atoms with Crippen molar-refractivity contribution in [1.82, 2.24) is 5.32 Å². The fraction of sp³-hybridized carbons (Fsp3) is 0.667. The molecule has 0 saturated carbocycles. The molecule has 2 rings (SSSR count). The maximum Gasteiger partial charge on any atom is 0.220 e. The number of ether oxygens (including phenoxy) is 4. The van der Waals surface area contributed by atoms with Gasteiger partial charge in [-0.2, -0.15) is 0 Å². The van der Waals surface area contributed by atoms with Crippen molar-refractivity contribution < 1.29 is 64.6 Å². The molecule has 12 atom stereocenters. The largest absolute Gasteiger partial charge is 0.394 e. The van der Waals surface area contributed by atoms with Crippen LogP contribution < -0.4 is 5.32 Å². The van der Waals surface area contributed by atoms with Crippen molar-refractivity contribution in [2.75, 3.05) is 19.8 Å². The van der Waals surface area contributed by atoms with Crippen molar-refractivity contribution in [3.05, 3.63) is 146 Å². The van der Waals surface area contributed by atoms with Crippen molar-refractivity contribution in [1.29, 1.82) is 0 Å². The smallest absolute Gasteiger partial charge is 0.220 e. The van der Waals surface area contributed by atoms with E-state index in [4.69, 9.17) is 18.9 Å². The van der Waals surface area contributed by atoms with Crippen LogP contribution in [0, 0.1) is 0 Å². The van der Waals surface area contributed by atoms with E-state index in [1.54, 1.807) is 6.08 Å². The summed E-state index contributed by atoms with van der Waals surface area (Å²) in [7, 11) is 0. The highest BCUT2D eigenvalue weighted by Crippen LogP contribution is 2.30. The van der Waals surface area contributed by atoms with Crippen LogP contribution >= 0.6 is 0 Å². The van der Waals surface area contributed by atoms with E-state index in [1.807, 2.05) is 6.08 Å². The molecule has 14 nitrogen and oxygen atoms in total. The summed E-state index contributed by atoms with van der Waals surface area (Å²) in [5, 5.41) is 87.3. The Bertz CT molecular complexity index is 2050. The van der Waals surface area contributed by atoms with Crippen LogP contribution in [-0.2, 0) is 23.7 Å².